The van der Waals surface area contributed by atoms with Crippen LogP contribution in [0.5, 0.6) is 0 Å². The first-order valence-electron chi connectivity index (χ1n) is 11.7. The second-order valence-corrected chi connectivity index (χ2v) is 9.35. The summed E-state index contributed by atoms with van der Waals surface area (Å²) in [6, 6.07) is 20.6. The van der Waals surface area contributed by atoms with Crippen molar-refractivity contribution in [1.29, 1.82) is 0 Å². The van der Waals surface area contributed by atoms with Crippen LogP contribution in [0.15, 0.2) is 78.5 Å². The summed E-state index contributed by atoms with van der Waals surface area (Å²) >= 11 is 0. The van der Waals surface area contributed by atoms with Crippen molar-refractivity contribution >= 4 is 11.5 Å². The third-order valence-electron chi connectivity index (χ3n) is 6.81. The average molecular weight is 431 g/mol. The van der Waals surface area contributed by atoms with Crippen LogP contribution in [0, 0.1) is 0 Å². The van der Waals surface area contributed by atoms with E-state index < -0.39 is 5.60 Å². The van der Waals surface area contributed by atoms with E-state index in [2.05, 4.69) is 67.4 Å². The van der Waals surface area contributed by atoms with E-state index in [1.807, 2.05) is 29.2 Å². The molecule has 0 radical (unpaired) electrons. The summed E-state index contributed by atoms with van der Waals surface area (Å²) in [6.45, 7) is 6.88. The quantitative estimate of drug-likeness (QED) is 0.713. The van der Waals surface area contributed by atoms with E-state index in [0.29, 0.717) is 38.9 Å². The van der Waals surface area contributed by atoms with Gasteiger partial charge in [0.15, 0.2) is 0 Å². The van der Waals surface area contributed by atoms with Gasteiger partial charge in [-0.2, -0.15) is 0 Å². The fraction of sp³-hybridized carbons (Fsp3) is 0.393. The van der Waals surface area contributed by atoms with Gasteiger partial charge >= 0.3 is 0 Å². The molecule has 1 unspecified atom stereocenters. The summed E-state index contributed by atoms with van der Waals surface area (Å²) < 4.78 is 0. The van der Waals surface area contributed by atoms with Crippen molar-refractivity contribution in [3.8, 4) is 0 Å². The van der Waals surface area contributed by atoms with Gasteiger partial charge in [-0.1, -0.05) is 73.7 Å². The fourth-order valence-electron chi connectivity index (χ4n) is 4.84. The molecular formula is C28H34N2O2. The molecule has 4 nitrogen and oxygen atoms in total. The van der Waals surface area contributed by atoms with Gasteiger partial charge in [-0.25, -0.2) is 0 Å². The molecule has 2 heterocycles. The highest BCUT2D eigenvalue weighted by molar-refractivity contribution is 5.79. The number of hydrogen-bond acceptors (Lipinski definition) is 3. The van der Waals surface area contributed by atoms with Crippen LogP contribution in [0.25, 0.3) is 5.57 Å². The molecule has 0 bridgehead atoms. The number of nitrogens with zero attached hydrogens (tertiary/aromatic N) is 2. The minimum Gasteiger partial charge on any atom is -0.388 e. The summed E-state index contributed by atoms with van der Waals surface area (Å²) in [5.74, 6) is 0.393. The van der Waals surface area contributed by atoms with Crippen molar-refractivity contribution in [3.05, 3.63) is 89.6 Å². The van der Waals surface area contributed by atoms with Crippen molar-refractivity contribution in [1.82, 2.24) is 9.80 Å². The van der Waals surface area contributed by atoms with Crippen LogP contribution in [0.3, 0.4) is 0 Å². The Balaban J connectivity index is 1.29. The molecule has 2 aliphatic rings. The smallest absolute Gasteiger partial charge is 0.223 e. The zero-order valence-corrected chi connectivity index (χ0v) is 19.2. The lowest BCUT2D eigenvalue weighted by Gasteiger charge is -2.41. The molecule has 0 aromatic heterocycles. The molecule has 1 amide bonds. The minimum absolute atomic E-state index is 0.188. The van der Waals surface area contributed by atoms with Crippen LogP contribution in [0.2, 0.25) is 0 Å². The van der Waals surface area contributed by atoms with Gasteiger partial charge in [0.05, 0.1) is 5.60 Å². The molecule has 2 aromatic carbocycles. The standard InChI is InChI=1S/C28H34N2O2/c1-22(24-9-5-3-6-10-24)19-27(31)30-17-14-28(32,15-18-30)21-29-16-13-26(23(2)20-29)25-11-7-4-8-12-25/h3-13,20,22,32H,14-19,21H2,1-2H3. The molecule has 1 saturated heterocycles. The van der Waals surface area contributed by atoms with Gasteiger partial charge in [-0.05, 0) is 48.0 Å². The molecule has 1 N–H and O–H groups in total. The molecule has 168 valence electrons. The van der Waals surface area contributed by atoms with E-state index in [1.165, 1.54) is 22.3 Å². The third-order valence-corrected chi connectivity index (χ3v) is 6.81. The summed E-state index contributed by atoms with van der Waals surface area (Å²) in [7, 11) is 0. The molecule has 2 aromatic rings. The summed E-state index contributed by atoms with van der Waals surface area (Å²) in [5.41, 5.74) is 4.16. The van der Waals surface area contributed by atoms with E-state index in [4.69, 9.17) is 0 Å². The number of benzene rings is 2. The fourth-order valence-corrected chi connectivity index (χ4v) is 4.84. The number of likely N-dealkylation sites (tertiary alicyclic amines) is 1. The Morgan fingerprint density at radius 1 is 1.03 bits per heavy atom. The molecule has 0 spiro atoms. The predicted octanol–water partition coefficient (Wildman–Crippen LogP) is 4.84. The molecule has 0 aliphatic carbocycles. The number of β-amino-alcohol motifs (C(OH)–C–C–N with tert-alkyl or cyclic N) is 1. The SMILES string of the molecule is CC1=CN(CC2(O)CCN(C(=O)CC(C)c3ccccc3)CC2)CC=C1c1ccccc1. The lowest BCUT2D eigenvalue weighted by atomic mass is 9.89. The molecule has 1 fully saturated rings. The Hall–Kier alpha value is -2.85. The number of aliphatic hydroxyl groups is 1. The van der Waals surface area contributed by atoms with E-state index in [1.54, 1.807) is 0 Å². The van der Waals surface area contributed by atoms with Gasteiger partial charge in [-0.15, -0.1) is 0 Å². The maximum absolute atomic E-state index is 12.8. The second kappa shape index (κ2) is 9.74. The van der Waals surface area contributed by atoms with Crippen molar-refractivity contribution in [2.45, 2.75) is 44.6 Å². The van der Waals surface area contributed by atoms with Gasteiger partial charge in [0.2, 0.25) is 5.91 Å². The molecule has 4 rings (SSSR count). The normalized spacial score (nSPS) is 19.2. The van der Waals surface area contributed by atoms with Gasteiger partial charge in [-0.3, -0.25) is 4.79 Å². The highest BCUT2D eigenvalue weighted by Gasteiger charge is 2.35. The third kappa shape index (κ3) is 5.31. The lowest BCUT2D eigenvalue weighted by molar-refractivity contribution is -0.136. The number of piperidine rings is 1. The van der Waals surface area contributed by atoms with E-state index >= 15 is 0 Å². The van der Waals surface area contributed by atoms with Crippen LogP contribution in [0.1, 0.15) is 50.2 Å². The van der Waals surface area contributed by atoms with Crippen LogP contribution < -0.4 is 0 Å². The molecular weight excluding hydrogens is 396 g/mol. The number of allylic oxidation sites excluding steroid dienone is 2. The topological polar surface area (TPSA) is 43.8 Å². The van der Waals surface area contributed by atoms with Crippen LogP contribution in [-0.2, 0) is 4.79 Å². The number of amides is 1. The van der Waals surface area contributed by atoms with Gasteiger partial charge in [0, 0.05) is 38.8 Å². The van der Waals surface area contributed by atoms with E-state index in [-0.39, 0.29) is 11.8 Å². The Labute approximate surface area is 191 Å². The maximum Gasteiger partial charge on any atom is 0.223 e. The van der Waals surface area contributed by atoms with Gasteiger partial charge in [0.1, 0.15) is 0 Å². The monoisotopic (exact) mass is 430 g/mol. The summed E-state index contributed by atoms with van der Waals surface area (Å²) in [6.07, 6.45) is 6.18. The highest BCUT2D eigenvalue weighted by atomic mass is 16.3. The largest absolute Gasteiger partial charge is 0.388 e. The molecule has 0 saturated carbocycles. The highest BCUT2D eigenvalue weighted by Crippen LogP contribution is 2.30. The first kappa shape index (κ1) is 22.3. The van der Waals surface area contributed by atoms with Gasteiger partial charge < -0.3 is 14.9 Å². The van der Waals surface area contributed by atoms with Crippen LogP contribution in [0.4, 0.5) is 0 Å². The predicted molar refractivity (Wildman–Crippen MR) is 130 cm³/mol. The molecule has 4 heteroatoms. The number of carbonyl (C=O) groups is 1. The van der Waals surface area contributed by atoms with Gasteiger partial charge in [0.25, 0.3) is 0 Å². The zero-order chi connectivity index (χ0) is 22.6. The lowest BCUT2D eigenvalue weighted by Crippen LogP contribution is -2.51. The Bertz CT molecular complexity index is 973. The van der Waals surface area contributed by atoms with Crippen molar-refractivity contribution in [3.63, 3.8) is 0 Å². The minimum atomic E-state index is -0.753. The molecule has 2 aliphatic heterocycles. The summed E-state index contributed by atoms with van der Waals surface area (Å²) in [4.78, 5) is 16.9. The number of rotatable bonds is 6. The average Bonchev–Trinajstić information content (AvgIpc) is 2.80. The Morgan fingerprint density at radius 2 is 1.66 bits per heavy atom. The summed E-state index contributed by atoms with van der Waals surface area (Å²) in [5, 5.41) is 11.2. The second-order valence-electron chi connectivity index (χ2n) is 9.35. The zero-order valence-electron chi connectivity index (χ0n) is 19.2. The van der Waals surface area contributed by atoms with Crippen molar-refractivity contribution < 1.29 is 9.90 Å². The Kier molecular flexibility index (Phi) is 6.80. The van der Waals surface area contributed by atoms with E-state index in [0.717, 1.165) is 6.54 Å². The van der Waals surface area contributed by atoms with E-state index in [9.17, 15) is 9.90 Å². The first-order chi connectivity index (χ1) is 15.4. The Morgan fingerprint density at radius 3 is 2.28 bits per heavy atom. The van der Waals surface area contributed by atoms with Crippen molar-refractivity contribution in [2.24, 2.45) is 0 Å². The van der Waals surface area contributed by atoms with Crippen molar-refractivity contribution in [2.75, 3.05) is 26.2 Å². The molecule has 32 heavy (non-hydrogen) atoms. The maximum atomic E-state index is 12.8. The molecule has 1 atom stereocenters. The number of carbonyl (C=O) groups excluding carboxylic acids is 1. The number of hydrogen-bond donors (Lipinski definition) is 1. The first-order valence-corrected chi connectivity index (χ1v) is 11.7. The van der Waals surface area contributed by atoms with Crippen LogP contribution in [-0.4, -0.2) is 52.6 Å². The van der Waals surface area contributed by atoms with Crippen LogP contribution >= 0.6 is 0 Å².